The van der Waals surface area contributed by atoms with E-state index in [1.807, 2.05) is 54.6 Å². The van der Waals surface area contributed by atoms with Crippen LogP contribution in [0.3, 0.4) is 0 Å². The molecule has 0 radical (unpaired) electrons. The lowest BCUT2D eigenvalue weighted by atomic mass is 10.2. The van der Waals surface area contributed by atoms with Crippen molar-refractivity contribution in [2.45, 2.75) is 6.61 Å². The molecule has 0 bridgehead atoms. The number of hydrogen-bond donors (Lipinski definition) is 0. The molecule has 0 aliphatic heterocycles. The summed E-state index contributed by atoms with van der Waals surface area (Å²) in [4.78, 5) is 4.31. The Hall–Kier alpha value is -2.94. The van der Waals surface area contributed by atoms with Crippen LogP contribution in [0.25, 0.3) is 0 Å². The maximum absolute atomic E-state index is 12.8. The summed E-state index contributed by atoms with van der Waals surface area (Å²) in [7, 11) is 0. The van der Waals surface area contributed by atoms with Crippen molar-refractivity contribution in [3.8, 4) is 5.75 Å². The quantitative estimate of drug-likeness (QED) is 0.597. The number of benzene rings is 3. The molecule has 0 aromatic heterocycles. The van der Waals surface area contributed by atoms with E-state index in [0.29, 0.717) is 6.61 Å². The highest BCUT2D eigenvalue weighted by Gasteiger charge is 1.96. The van der Waals surface area contributed by atoms with E-state index in [1.54, 1.807) is 18.3 Å². The molecule has 0 amide bonds. The molecule has 2 nitrogen and oxygen atoms in total. The third-order valence-electron chi connectivity index (χ3n) is 3.32. The predicted octanol–water partition coefficient (Wildman–Crippen LogP) is 5.16. The van der Waals surface area contributed by atoms with Gasteiger partial charge in [0.15, 0.2) is 0 Å². The summed E-state index contributed by atoms with van der Waals surface area (Å²) in [5, 5.41) is 0. The van der Waals surface area contributed by atoms with Crippen molar-refractivity contribution >= 4 is 11.9 Å². The first-order valence-corrected chi connectivity index (χ1v) is 7.36. The molecule has 0 aliphatic carbocycles. The fourth-order valence-corrected chi connectivity index (χ4v) is 2.07. The van der Waals surface area contributed by atoms with Crippen LogP contribution in [-0.2, 0) is 6.61 Å². The summed E-state index contributed by atoms with van der Waals surface area (Å²) in [5.41, 5.74) is 2.81. The van der Waals surface area contributed by atoms with Gasteiger partial charge in [-0.05, 0) is 59.7 Å². The van der Waals surface area contributed by atoms with Crippen molar-refractivity contribution in [2.75, 3.05) is 0 Å². The SMILES string of the molecule is Fc1ccc(/N=C\c2ccc(OCc3ccccc3)cc2)cc1. The van der Waals surface area contributed by atoms with Gasteiger partial charge in [-0.15, -0.1) is 0 Å². The second-order valence-electron chi connectivity index (χ2n) is 5.08. The van der Waals surface area contributed by atoms with Crippen LogP contribution in [0.5, 0.6) is 5.75 Å². The first-order chi connectivity index (χ1) is 11.3. The Morgan fingerprint density at radius 3 is 2.22 bits per heavy atom. The highest BCUT2D eigenvalue weighted by atomic mass is 19.1. The average molecular weight is 305 g/mol. The lowest BCUT2D eigenvalue weighted by Crippen LogP contribution is -1.94. The molecule has 3 aromatic rings. The van der Waals surface area contributed by atoms with Gasteiger partial charge in [0.1, 0.15) is 18.2 Å². The van der Waals surface area contributed by atoms with Crippen LogP contribution >= 0.6 is 0 Å². The lowest BCUT2D eigenvalue weighted by Gasteiger charge is -2.06. The van der Waals surface area contributed by atoms with Gasteiger partial charge < -0.3 is 4.74 Å². The number of rotatable bonds is 5. The Kier molecular flexibility index (Phi) is 4.79. The Labute approximate surface area is 134 Å². The molecule has 0 saturated carbocycles. The van der Waals surface area contributed by atoms with Gasteiger partial charge in [-0.2, -0.15) is 0 Å². The largest absolute Gasteiger partial charge is 0.489 e. The molecule has 0 fully saturated rings. The van der Waals surface area contributed by atoms with Gasteiger partial charge in [-0.3, -0.25) is 4.99 Å². The smallest absolute Gasteiger partial charge is 0.123 e. The summed E-state index contributed by atoms with van der Waals surface area (Å²) in [6.45, 7) is 0.545. The van der Waals surface area contributed by atoms with E-state index in [1.165, 1.54) is 12.1 Å². The fourth-order valence-electron chi connectivity index (χ4n) is 2.07. The maximum Gasteiger partial charge on any atom is 0.123 e. The Balaban J connectivity index is 1.59. The van der Waals surface area contributed by atoms with Crippen LogP contribution in [0.4, 0.5) is 10.1 Å². The topological polar surface area (TPSA) is 21.6 Å². The van der Waals surface area contributed by atoms with E-state index < -0.39 is 0 Å². The molecule has 3 heteroatoms. The third-order valence-corrected chi connectivity index (χ3v) is 3.32. The van der Waals surface area contributed by atoms with Crippen LogP contribution in [-0.4, -0.2) is 6.21 Å². The van der Waals surface area contributed by atoms with E-state index in [4.69, 9.17) is 4.74 Å². The zero-order valence-corrected chi connectivity index (χ0v) is 12.5. The maximum atomic E-state index is 12.8. The van der Waals surface area contributed by atoms with Crippen LogP contribution in [0.2, 0.25) is 0 Å². The Morgan fingerprint density at radius 1 is 0.826 bits per heavy atom. The number of aliphatic imine (C=N–C) groups is 1. The molecular formula is C20H16FNO. The summed E-state index contributed by atoms with van der Waals surface area (Å²) >= 11 is 0. The molecule has 0 spiro atoms. The zero-order valence-electron chi connectivity index (χ0n) is 12.5. The van der Waals surface area contributed by atoms with E-state index in [-0.39, 0.29) is 5.82 Å². The normalized spacial score (nSPS) is 10.8. The number of hydrogen-bond acceptors (Lipinski definition) is 2. The number of halogens is 1. The van der Waals surface area contributed by atoms with Gasteiger partial charge in [-0.25, -0.2) is 4.39 Å². The second-order valence-corrected chi connectivity index (χ2v) is 5.08. The fraction of sp³-hybridized carbons (Fsp3) is 0.0500. The van der Waals surface area contributed by atoms with Gasteiger partial charge in [0.25, 0.3) is 0 Å². The molecule has 0 aliphatic rings. The van der Waals surface area contributed by atoms with Gasteiger partial charge in [-0.1, -0.05) is 30.3 Å². The molecule has 0 atom stereocenters. The van der Waals surface area contributed by atoms with E-state index >= 15 is 0 Å². The predicted molar refractivity (Wildman–Crippen MR) is 90.9 cm³/mol. The molecule has 23 heavy (non-hydrogen) atoms. The molecular weight excluding hydrogens is 289 g/mol. The van der Waals surface area contributed by atoms with Gasteiger partial charge in [0.05, 0.1) is 5.69 Å². The summed E-state index contributed by atoms with van der Waals surface area (Å²) < 4.78 is 18.6. The van der Waals surface area contributed by atoms with Crippen molar-refractivity contribution in [2.24, 2.45) is 4.99 Å². The van der Waals surface area contributed by atoms with Gasteiger partial charge in [0, 0.05) is 6.21 Å². The molecule has 3 aromatic carbocycles. The van der Waals surface area contributed by atoms with Crippen molar-refractivity contribution < 1.29 is 9.13 Å². The number of nitrogens with zero attached hydrogens (tertiary/aromatic N) is 1. The summed E-state index contributed by atoms with van der Waals surface area (Å²) in [6, 6.07) is 23.8. The minimum atomic E-state index is -0.260. The van der Waals surface area contributed by atoms with E-state index in [0.717, 1.165) is 22.6 Å². The third kappa shape index (κ3) is 4.51. The minimum Gasteiger partial charge on any atom is -0.489 e. The lowest BCUT2D eigenvalue weighted by molar-refractivity contribution is 0.306. The monoisotopic (exact) mass is 305 g/mol. The van der Waals surface area contributed by atoms with Crippen LogP contribution in [0.15, 0.2) is 83.9 Å². The Bertz CT molecular complexity index is 765. The van der Waals surface area contributed by atoms with Gasteiger partial charge in [0.2, 0.25) is 0 Å². The highest BCUT2D eigenvalue weighted by Crippen LogP contribution is 2.15. The van der Waals surface area contributed by atoms with Gasteiger partial charge >= 0.3 is 0 Å². The van der Waals surface area contributed by atoms with Crippen LogP contribution in [0.1, 0.15) is 11.1 Å². The van der Waals surface area contributed by atoms with Crippen molar-refractivity contribution in [3.63, 3.8) is 0 Å². The highest BCUT2D eigenvalue weighted by molar-refractivity contribution is 5.82. The summed E-state index contributed by atoms with van der Waals surface area (Å²) in [6.07, 6.45) is 1.74. The number of ether oxygens (including phenoxy) is 1. The standard InChI is InChI=1S/C20H16FNO/c21-18-8-10-19(11-9-18)22-14-16-6-12-20(13-7-16)23-15-17-4-2-1-3-5-17/h1-14H,15H2/b22-14-. The molecule has 0 N–H and O–H groups in total. The Morgan fingerprint density at radius 2 is 1.52 bits per heavy atom. The van der Waals surface area contributed by atoms with Crippen molar-refractivity contribution in [1.29, 1.82) is 0 Å². The summed E-state index contributed by atoms with van der Waals surface area (Å²) in [5.74, 6) is 0.552. The first kappa shape index (κ1) is 15.0. The molecule has 0 heterocycles. The molecule has 0 saturated heterocycles. The van der Waals surface area contributed by atoms with Crippen LogP contribution in [0, 0.1) is 5.82 Å². The molecule has 3 rings (SSSR count). The minimum absolute atomic E-state index is 0.260. The second kappa shape index (κ2) is 7.36. The molecule has 0 unspecified atom stereocenters. The van der Waals surface area contributed by atoms with E-state index in [9.17, 15) is 4.39 Å². The van der Waals surface area contributed by atoms with E-state index in [2.05, 4.69) is 4.99 Å². The zero-order chi connectivity index (χ0) is 15.9. The van der Waals surface area contributed by atoms with Crippen molar-refractivity contribution in [1.82, 2.24) is 0 Å². The average Bonchev–Trinajstić information content (AvgIpc) is 2.61. The van der Waals surface area contributed by atoms with Crippen molar-refractivity contribution in [3.05, 3.63) is 95.8 Å². The molecule has 114 valence electrons. The first-order valence-electron chi connectivity index (χ1n) is 7.36. The van der Waals surface area contributed by atoms with Crippen LogP contribution < -0.4 is 4.74 Å².